The maximum absolute atomic E-state index is 12.7. The number of ether oxygens (including phenoxy) is 1. The first-order valence-electron chi connectivity index (χ1n) is 7.71. The number of nitro benzene ring substituents is 1. The molecule has 0 N–H and O–H groups in total. The predicted molar refractivity (Wildman–Crippen MR) is 92.5 cm³/mol. The van der Waals surface area contributed by atoms with Crippen molar-refractivity contribution in [3.8, 4) is 0 Å². The Morgan fingerprint density at radius 1 is 1.27 bits per heavy atom. The quantitative estimate of drug-likeness (QED) is 0.543. The van der Waals surface area contributed by atoms with Gasteiger partial charge >= 0.3 is 0 Å². The number of hydrogen-bond donors (Lipinski definition) is 0. The van der Waals surface area contributed by atoms with Crippen molar-refractivity contribution in [1.82, 2.24) is 19.1 Å². The fraction of sp³-hybridized carbons (Fsp3) is 0.429. The molecule has 0 bridgehead atoms. The van der Waals surface area contributed by atoms with Crippen molar-refractivity contribution in [1.29, 1.82) is 0 Å². The van der Waals surface area contributed by atoms with Crippen molar-refractivity contribution in [3.05, 3.63) is 34.1 Å². The molecule has 26 heavy (non-hydrogen) atoms. The summed E-state index contributed by atoms with van der Waals surface area (Å²) in [5, 5.41) is 19.8. The second-order valence-electron chi connectivity index (χ2n) is 5.59. The van der Waals surface area contributed by atoms with Crippen molar-refractivity contribution >= 4 is 27.5 Å². The third-order valence-electron chi connectivity index (χ3n) is 3.99. The number of sulfonamides is 1. The van der Waals surface area contributed by atoms with Gasteiger partial charge in [-0.1, -0.05) is 0 Å². The molecule has 0 spiro atoms. The molecule has 2 aromatic rings. The van der Waals surface area contributed by atoms with Gasteiger partial charge in [-0.25, -0.2) is 8.42 Å². The minimum Gasteiger partial charge on any atom is -0.379 e. The van der Waals surface area contributed by atoms with Crippen molar-refractivity contribution in [2.75, 3.05) is 26.3 Å². The van der Waals surface area contributed by atoms with Crippen molar-refractivity contribution in [2.45, 2.75) is 21.9 Å². The van der Waals surface area contributed by atoms with E-state index in [1.807, 2.05) is 0 Å². The molecule has 0 saturated carbocycles. The first-order valence-corrected chi connectivity index (χ1v) is 9.96. The molecule has 1 fully saturated rings. The summed E-state index contributed by atoms with van der Waals surface area (Å²) in [6.07, 6.45) is 0. The number of nitrogens with zero attached hydrogens (tertiary/aromatic N) is 5. The third kappa shape index (κ3) is 3.58. The van der Waals surface area contributed by atoms with Crippen molar-refractivity contribution in [3.63, 3.8) is 0 Å². The summed E-state index contributed by atoms with van der Waals surface area (Å²) in [5.41, 5.74) is -0.287. The number of benzene rings is 1. The highest BCUT2D eigenvalue weighted by atomic mass is 32.2. The van der Waals surface area contributed by atoms with Gasteiger partial charge in [0, 0.05) is 26.2 Å². The van der Waals surface area contributed by atoms with Crippen LogP contribution in [-0.4, -0.2) is 58.7 Å². The summed E-state index contributed by atoms with van der Waals surface area (Å²) < 4.78 is 33.5. The monoisotopic (exact) mass is 399 g/mol. The molecule has 2 heterocycles. The van der Waals surface area contributed by atoms with E-state index in [-0.39, 0.29) is 23.7 Å². The van der Waals surface area contributed by atoms with Gasteiger partial charge in [0.2, 0.25) is 10.0 Å². The van der Waals surface area contributed by atoms with Gasteiger partial charge in [0.15, 0.2) is 5.16 Å². The van der Waals surface area contributed by atoms with Gasteiger partial charge in [-0.3, -0.25) is 10.1 Å². The number of aryl methyl sites for hydroxylation is 1. The minimum absolute atomic E-state index is 0.107. The lowest BCUT2D eigenvalue weighted by Crippen LogP contribution is -2.40. The largest absolute Gasteiger partial charge is 0.379 e. The van der Waals surface area contributed by atoms with E-state index >= 15 is 0 Å². The normalized spacial score (nSPS) is 15.9. The summed E-state index contributed by atoms with van der Waals surface area (Å²) in [6.45, 7) is 2.83. The molecule has 12 heteroatoms. The Morgan fingerprint density at radius 2 is 1.96 bits per heavy atom. The van der Waals surface area contributed by atoms with Crippen LogP contribution < -0.4 is 0 Å². The van der Waals surface area contributed by atoms with Crippen molar-refractivity contribution in [2.24, 2.45) is 7.05 Å². The SMILES string of the molecule is Cc1nnc(Sc2ccc(S(=O)(=O)N3CCOCC3)cc2[N+](=O)[O-])n1C. The minimum atomic E-state index is -3.81. The molecule has 0 radical (unpaired) electrons. The Labute approximate surface area is 154 Å². The maximum Gasteiger partial charge on any atom is 0.284 e. The predicted octanol–water partition coefficient (Wildman–Crippen LogP) is 1.20. The Kier molecular flexibility index (Phi) is 5.27. The number of rotatable bonds is 5. The Hall–Kier alpha value is -2.02. The lowest BCUT2D eigenvalue weighted by atomic mass is 10.3. The average Bonchev–Trinajstić information content (AvgIpc) is 2.94. The van der Waals surface area contributed by atoms with E-state index in [0.29, 0.717) is 29.1 Å². The zero-order chi connectivity index (χ0) is 18.9. The van der Waals surface area contributed by atoms with Crippen LogP contribution in [0.5, 0.6) is 0 Å². The molecule has 0 atom stereocenters. The van der Waals surface area contributed by atoms with Crippen LogP contribution in [0.2, 0.25) is 0 Å². The van der Waals surface area contributed by atoms with E-state index in [9.17, 15) is 18.5 Å². The number of nitro groups is 1. The van der Waals surface area contributed by atoms with Crippen LogP contribution in [-0.2, 0) is 21.8 Å². The van der Waals surface area contributed by atoms with E-state index in [4.69, 9.17) is 4.74 Å². The molecule has 0 unspecified atom stereocenters. The molecule has 1 aliphatic heterocycles. The van der Waals surface area contributed by atoms with E-state index in [0.717, 1.165) is 17.8 Å². The van der Waals surface area contributed by atoms with Gasteiger partial charge in [-0.2, -0.15) is 4.31 Å². The number of hydrogen-bond acceptors (Lipinski definition) is 8. The van der Waals surface area contributed by atoms with Crippen LogP contribution in [0.4, 0.5) is 5.69 Å². The summed E-state index contributed by atoms with van der Waals surface area (Å²) in [5.74, 6) is 0.668. The highest BCUT2D eigenvalue weighted by molar-refractivity contribution is 7.99. The fourth-order valence-electron chi connectivity index (χ4n) is 2.40. The molecule has 0 amide bonds. The number of aromatic nitrogens is 3. The molecular formula is C14H17N5O5S2. The van der Waals surface area contributed by atoms with Crippen LogP contribution in [0, 0.1) is 17.0 Å². The Morgan fingerprint density at radius 3 is 2.54 bits per heavy atom. The molecule has 1 aromatic carbocycles. The Balaban J connectivity index is 1.96. The standard InChI is InChI=1S/C14H17N5O5S2/c1-10-15-16-14(17(10)2)25-13-4-3-11(9-12(13)19(20)21)26(22,23)18-5-7-24-8-6-18/h3-4,9H,5-8H2,1-2H3. The Bertz CT molecular complexity index is 937. The van der Waals surface area contributed by atoms with Gasteiger partial charge in [-0.05, 0) is 30.8 Å². The molecular weight excluding hydrogens is 382 g/mol. The van der Waals surface area contributed by atoms with Crippen molar-refractivity contribution < 1.29 is 18.1 Å². The van der Waals surface area contributed by atoms with Crippen LogP contribution >= 0.6 is 11.8 Å². The van der Waals surface area contributed by atoms with E-state index in [1.165, 1.54) is 16.4 Å². The first-order chi connectivity index (χ1) is 12.3. The van der Waals surface area contributed by atoms with E-state index in [1.54, 1.807) is 18.5 Å². The lowest BCUT2D eigenvalue weighted by Gasteiger charge is -2.26. The molecule has 1 aliphatic rings. The van der Waals surface area contributed by atoms with Gasteiger partial charge in [0.1, 0.15) is 5.82 Å². The third-order valence-corrected chi connectivity index (χ3v) is 6.99. The van der Waals surface area contributed by atoms with Crippen LogP contribution in [0.25, 0.3) is 0 Å². The summed E-state index contributed by atoms with van der Waals surface area (Å²) in [7, 11) is -2.05. The smallest absolute Gasteiger partial charge is 0.284 e. The van der Waals surface area contributed by atoms with E-state index in [2.05, 4.69) is 10.2 Å². The zero-order valence-corrected chi connectivity index (χ0v) is 15.8. The van der Waals surface area contributed by atoms with Gasteiger partial charge < -0.3 is 9.30 Å². The van der Waals surface area contributed by atoms with Gasteiger partial charge in [0.25, 0.3) is 5.69 Å². The number of morpholine rings is 1. The maximum atomic E-state index is 12.7. The van der Waals surface area contributed by atoms with Crippen LogP contribution in [0.15, 0.2) is 33.1 Å². The molecule has 3 rings (SSSR count). The molecule has 10 nitrogen and oxygen atoms in total. The molecule has 1 aromatic heterocycles. The highest BCUT2D eigenvalue weighted by Crippen LogP contribution is 2.36. The fourth-order valence-corrected chi connectivity index (χ4v) is 4.75. The van der Waals surface area contributed by atoms with E-state index < -0.39 is 14.9 Å². The lowest BCUT2D eigenvalue weighted by molar-refractivity contribution is -0.388. The van der Waals surface area contributed by atoms with Gasteiger partial charge in [0.05, 0.1) is 27.9 Å². The summed E-state index contributed by atoms with van der Waals surface area (Å²) >= 11 is 1.06. The van der Waals surface area contributed by atoms with Gasteiger partial charge in [-0.15, -0.1) is 10.2 Å². The topological polar surface area (TPSA) is 120 Å². The first kappa shape index (κ1) is 18.8. The summed E-state index contributed by atoms with van der Waals surface area (Å²) in [4.78, 5) is 11.1. The van der Waals surface area contributed by atoms with Crippen LogP contribution in [0.3, 0.4) is 0 Å². The zero-order valence-electron chi connectivity index (χ0n) is 14.2. The second kappa shape index (κ2) is 7.31. The van der Waals surface area contributed by atoms with Crippen LogP contribution in [0.1, 0.15) is 5.82 Å². The second-order valence-corrected chi connectivity index (χ2v) is 8.54. The molecule has 0 aliphatic carbocycles. The molecule has 140 valence electrons. The highest BCUT2D eigenvalue weighted by Gasteiger charge is 2.29. The average molecular weight is 399 g/mol. The summed E-state index contributed by atoms with van der Waals surface area (Å²) in [6, 6.07) is 3.90. The molecule has 1 saturated heterocycles.